The number of nitrogens with zero attached hydrogens (tertiary/aromatic N) is 1. The van der Waals surface area contributed by atoms with Crippen molar-refractivity contribution in [1.82, 2.24) is 5.32 Å². The second-order valence-corrected chi connectivity index (χ2v) is 7.77. The number of ether oxygens (including phenoxy) is 1. The summed E-state index contributed by atoms with van der Waals surface area (Å²) in [4.78, 5) is 15.2. The summed E-state index contributed by atoms with van der Waals surface area (Å²) in [5.41, 5.74) is 6.91. The molecule has 2 fully saturated rings. The molecule has 0 bridgehead atoms. The fourth-order valence-corrected chi connectivity index (χ4v) is 3.87. The third kappa shape index (κ3) is 2.81. The van der Waals surface area contributed by atoms with Crippen molar-refractivity contribution in [2.45, 2.75) is 39.2 Å². The minimum absolute atomic E-state index is 0.0667. The van der Waals surface area contributed by atoms with Gasteiger partial charge < -0.3 is 20.7 Å². The first-order valence-corrected chi connectivity index (χ1v) is 8.25. The highest BCUT2D eigenvalue weighted by molar-refractivity contribution is 7.19. The second kappa shape index (κ2) is 5.09. The van der Waals surface area contributed by atoms with Gasteiger partial charge in [-0.25, -0.2) is 0 Å². The summed E-state index contributed by atoms with van der Waals surface area (Å²) < 4.78 is 5.47. The van der Waals surface area contributed by atoms with Gasteiger partial charge in [0.15, 0.2) is 5.75 Å². The van der Waals surface area contributed by atoms with E-state index in [4.69, 9.17) is 10.5 Å². The Labute approximate surface area is 129 Å². The van der Waals surface area contributed by atoms with Crippen molar-refractivity contribution < 1.29 is 9.53 Å². The quantitative estimate of drug-likeness (QED) is 0.896. The molecule has 116 valence electrons. The molecule has 1 aliphatic carbocycles. The minimum atomic E-state index is -0.0667. The molecular weight excluding hydrogens is 286 g/mol. The molecule has 3 N–H and O–H groups in total. The van der Waals surface area contributed by atoms with Crippen molar-refractivity contribution in [3.8, 4) is 5.75 Å². The Bertz CT molecular complexity index is 564. The molecule has 0 radical (unpaired) electrons. The molecule has 3 rings (SSSR count). The molecule has 0 unspecified atom stereocenters. The smallest absolute Gasteiger partial charge is 0.263 e. The molecule has 1 aromatic heterocycles. The molecule has 0 spiro atoms. The zero-order valence-electron chi connectivity index (χ0n) is 12.9. The van der Waals surface area contributed by atoms with E-state index in [0.29, 0.717) is 27.8 Å². The van der Waals surface area contributed by atoms with Gasteiger partial charge in [0.2, 0.25) is 0 Å². The minimum Gasteiger partial charge on any atom is -0.492 e. The lowest BCUT2D eigenvalue weighted by molar-refractivity contribution is 0.0956. The number of nitrogen functional groups attached to an aromatic ring is 1. The normalized spacial score (nSPS) is 20.6. The molecule has 1 aliphatic heterocycles. The van der Waals surface area contributed by atoms with E-state index in [9.17, 15) is 4.79 Å². The van der Waals surface area contributed by atoms with Gasteiger partial charge >= 0.3 is 0 Å². The number of nitrogens with two attached hydrogens (primary N) is 1. The molecule has 1 saturated heterocycles. The van der Waals surface area contributed by atoms with E-state index in [-0.39, 0.29) is 5.91 Å². The van der Waals surface area contributed by atoms with E-state index >= 15 is 0 Å². The average molecular weight is 309 g/mol. The SMILES string of the molecule is COc1c(N2CCC(C)(C)C2)sc(C(=O)NC2CC2)c1N. The number of methoxy groups -OCH3 is 1. The number of anilines is 2. The predicted octanol–water partition coefficient (Wildman–Crippen LogP) is 2.47. The van der Waals surface area contributed by atoms with Gasteiger partial charge in [0.25, 0.3) is 5.91 Å². The Kier molecular flexibility index (Phi) is 3.51. The van der Waals surface area contributed by atoms with Gasteiger partial charge in [-0.3, -0.25) is 4.79 Å². The topological polar surface area (TPSA) is 67.6 Å². The summed E-state index contributed by atoms with van der Waals surface area (Å²) in [5.74, 6) is 0.585. The molecule has 0 aromatic carbocycles. The number of rotatable bonds is 4. The number of carbonyl (C=O) groups is 1. The maximum atomic E-state index is 12.3. The summed E-state index contributed by atoms with van der Waals surface area (Å²) in [6, 6.07) is 0.333. The Hall–Kier alpha value is -1.43. The van der Waals surface area contributed by atoms with E-state index in [1.54, 1.807) is 7.11 Å². The van der Waals surface area contributed by atoms with Crippen LogP contribution in [-0.4, -0.2) is 32.1 Å². The first-order chi connectivity index (χ1) is 9.91. The fourth-order valence-electron chi connectivity index (χ4n) is 2.75. The zero-order chi connectivity index (χ0) is 15.2. The van der Waals surface area contributed by atoms with Crippen LogP contribution in [0.25, 0.3) is 0 Å². The highest BCUT2D eigenvalue weighted by atomic mass is 32.1. The number of nitrogens with one attached hydrogen (secondary N) is 1. The molecule has 6 heteroatoms. The number of amides is 1. The van der Waals surface area contributed by atoms with Crippen molar-refractivity contribution in [3.63, 3.8) is 0 Å². The third-order valence-electron chi connectivity index (χ3n) is 4.17. The van der Waals surface area contributed by atoms with Crippen LogP contribution in [0.3, 0.4) is 0 Å². The summed E-state index contributed by atoms with van der Waals surface area (Å²) in [6.07, 6.45) is 3.28. The van der Waals surface area contributed by atoms with Crippen LogP contribution < -0.4 is 20.7 Å². The van der Waals surface area contributed by atoms with Gasteiger partial charge in [0.05, 0.1) is 7.11 Å². The molecule has 1 amide bonds. The van der Waals surface area contributed by atoms with Gasteiger partial charge in [0, 0.05) is 19.1 Å². The lowest BCUT2D eigenvalue weighted by atomic mass is 9.93. The fraction of sp³-hybridized carbons (Fsp3) is 0.667. The van der Waals surface area contributed by atoms with Crippen molar-refractivity contribution in [3.05, 3.63) is 4.88 Å². The standard InChI is InChI=1S/C15H23N3O2S/c1-15(2)6-7-18(8-15)14-11(20-3)10(16)12(21-14)13(19)17-9-4-5-9/h9H,4-8,16H2,1-3H3,(H,17,19). The van der Waals surface area contributed by atoms with Gasteiger partial charge in [-0.2, -0.15) is 0 Å². The molecule has 1 aromatic rings. The lowest BCUT2D eigenvalue weighted by Gasteiger charge is -2.20. The van der Waals surface area contributed by atoms with Crippen LogP contribution in [0.15, 0.2) is 0 Å². The largest absolute Gasteiger partial charge is 0.492 e. The molecule has 1 saturated carbocycles. The van der Waals surface area contributed by atoms with Crippen LogP contribution in [0.2, 0.25) is 0 Å². The number of hydrogen-bond acceptors (Lipinski definition) is 5. The molecule has 2 aliphatic rings. The van der Waals surface area contributed by atoms with E-state index in [0.717, 1.165) is 37.4 Å². The van der Waals surface area contributed by atoms with E-state index in [1.165, 1.54) is 11.3 Å². The maximum absolute atomic E-state index is 12.3. The first kappa shape index (κ1) is 14.5. The van der Waals surface area contributed by atoms with Crippen LogP contribution in [0.1, 0.15) is 42.8 Å². The Balaban J connectivity index is 1.88. The summed E-state index contributed by atoms with van der Waals surface area (Å²) >= 11 is 1.45. The zero-order valence-corrected chi connectivity index (χ0v) is 13.7. The van der Waals surface area contributed by atoms with Crippen molar-refractivity contribution in [1.29, 1.82) is 0 Å². The second-order valence-electron chi connectivity index (χ2n) is 6.77. The van der Waals surface area contributed by atoms with E-state index in [2.05, 4.69) is 24.1 Å². The molecule has 2 heterocycles. The summed E-state index contributed by atoms with van der Waals surface area (Å²) in [5, 5.41) is 3.99. The first-order valence-electron chi connectivity index (χ1n) is 7.43. The van der Waals surface area contributed by atoms with Gasteiger partial charge in [-0.05, 0) is 24.7 Å². The molecule has 5 nitrogen and oxygen atoms in total. The van der Waals surface area contributed by atoms with Crippen molar-refractivity contribution in [2.75, 3.05) is 30.8 Å². The number of hydrogen-bond donors (Lipinski definition) is 2. The highest BCUT2D eigenvalue weighted by Crippen LogP contribution is 2.47. The van der Waals surface area contributed by atoms with Crippen molar-refractivity contribution in [2.24, 2.45) is 5.41 Å². The predicted molar refractivity (Wildman–Crippen MR) is 86.4 cm³/mol. The van der Waals surface area contributed by atoms with Crippen LogP contribution in [0.5, 0.6) is 5.75 Å². The van der Waals surface area contributed by atoms with Gasteiger partial charge in [-0.1, -0.05) is 13.8 Å². The number of thiophene rings is 1. The number of carbonyl (C=O) groups excluding carboxylic acids is 1. The monoisotopic (exact) mass is 309 g/mol. The van der Waals surface area contributed by atoms with Gasteiger partial charge in [0.1, 0.15) is 15.6 Å². The van der Waals surface area contributed by atoms with Crippen LogP contribution >= 0.6 is 11.3 Å². The lowest BCUT2D eigenvalue weighted by Crippen LogP contribution is -2.25. The maximum Gasteiger partial charge on any atom is 0.263 e. The van der Waals surface area contributed by atoms with Crippen molar-refractivity contribution >= 4 is 27.9 Å². The Morgan fingerprint density at radius 3 is 2.71 bits per heavy atom. The highest BCUT2D eigenvalue weighted by Gasteiger charge is 2.34. The Morgan fingerprint density at radius 2 is 2.19 bits per heavy atom. The average Bonchev–Trinajstić information content (AvgIpc) is 3.06. The van der Waals surface area contributed by atoms with E-state index in [1.807, 2.05) is 0 Å². The molecule has 0 atom stereocenters. The van der Waals surface area contributed by atoms with E-state index < -0.39 is 0 Å². The summed E-state index contributed by atoms with van der Waals surface area (Å²) in [6.45, 7) is 6.47. The third-order valence-corrected chi connectivity index (χ3v) is 5.42. The Morgan fingerprint density at radius 1 is 1.48 bits per heavy atom. The summed E-state index contributed by atoms with van der Waals surface area (Å²) in [7, 11) is 1.62. The molecular formula is C15H23N3O2S. The van der Waals surface area contributed by atoms with Crippen LogP contribution in [-0.2, 0) is 0 Å². The van der Waals surface area contributed by atoms with Crippen LogP contribution in [0.4, 0.5) is 10.7 Å². The molecule has 21 heavy (non-hydrogen) atoms. The van der Waals surface area contributed by atoms with Gasteiger partial charge in [-0.15, -0.1) is 11.3 Å². The van der Waals surface area contributed by atoms with Crippen LogP contribution in [0, 0.1) is 5.41 Å².